The molecule has 3 rings (SSSR count). The molecule has 2 aromatic carbocycles. The van der Waals surface area contributed by atoms with Gasteiger partial charge in [0, 0.05) is 24.6 Å². The number of hydrogen-bond acceptors (Lipinski definition) is 4. The number of carbonyl (C=O) groups is 1. The van der Waals surface area contributed by atoms with Crippen LogP contribution >= 0.6 is 0 Å². The van der Waals surface area contributed by atoms with Gasteiger partial charge in [0.1, 0.15) is 0 Å². The van der Waals surface area contributed by atoms with Crippen molar-refractivity contribution in [3.05, 3.63) is 83.2 Å². The molecule has 5 heteroatoms. The molecule has 0 atom stereocenters. The molecular formula is C20H20N4O. The molecular weight excluding hydrogens is 312 g/mol. The second-order valence-corrected chi connectivity index (χ2v) is 5.90. The summed E-state index contributed by atoms with van der Waals surface area (Å²) in [5, 5.41) is 6.02. The molecule has 5 nitrogen and oxygen atoms in total. The average molecular weight is 332 g/mol. The van der Waals surface area contributed by atoms with E-state index in [0.717, 1.165) is 22.4 Å². The lowest BCUT2D eigenvalue weighted by molar-refractivity contribution is 0.0950. The van der Waals surface area contributed by atoms with E-state index in [4.69, 9.17) is 0 Å². The zero-order valence-corrected chi connectivity index (χ0v) is 14.3. The van der Waals surface area contributed by atoms with Crippen LogP contribution in [0.3, 0.4) is 0 Å². The maximum atomic E-state index is 12.2. The van der Waals surface area contributed by atoms with E-state index < -0.39 is 0 Å². The number of benzene rings is 2. The van der Waals surface area contributed by atoms with Crippen molar-refractivity contribution in [2.45, 2.75) is 20.4 Å². The van der Waals surface area contributed by atoms with Gasteiger partial charge in [-0.15, -0.1) is 0 Å². The summed E-state index contributed by atoms with van der Waals surface area (Å²) in [4.78, 5) is 20.7. The number of aromatic nitrogens is 2. The summed E-state index contributed by atoms with van der Waals surface area (Å²) in [7, 11) is 0. The molecule has 2 N–H and O–H groups in total. The fraction of sp³-hybridized carbons (Fsp3) is 0.150. The summed E-state index contributed by atoms with van der Waals surface area (Å²) in [5.74, 6) is 0.270. The van der Waals surface area contributed by atoms with Gasteiger partial charge in [-0.25, -0.2) is 9.97 Å². The van der Waals surface area contributed by atoms with E-state index in [1.54, 1.807) is 0 Å². The Morgan fingerprint density at radius 2 is 1.76 bits per heavy atom. The van der Waals surface area contributed by atoms with Crippen molar-refractivity contribution in [1.82, 2.24) is 15.3 Å². The van der Waals surface area contributed by atoms with Gasteiger partial charge in [-0.3, -0.25) is 4.79 Å². The fourth-order valence-corrected chi connectivity index (χ4v) is 2.45. The van der Waals surface area contributed by atoms with Gasteiger partial charge in [-0.1, -0.05) is 36.4 Å². The van der Waals surface area contributed by atoms with Crippen molar-refractivity contribution in [3.8, 4) is 0 Å². The van der Waals surface area contributed by atoms with Gasteiger partial charge in [-0.2, -0.15) is 0 Å². The van der Waals surface area contributed by atoms with Gasteiger partial charge in [0.25, 0.3) is 5.91 Å². The van der Waals surface area contributed by atoms with Crippen molar-refractivity contribution < 1.29 is 4.79 Å². The molecule has 0 saturated heterocycles. The zero-order valence-electron chi connectivity index (χ0n) is 14.3. The Morgan fingerprint density at radius 3 is 2.48 bits per heavy atom. The molecule has 0 unspecified atom stereocenters. The molecule has 1 aromatic heterocycles. The molecule has 0 bridgehead atoms. The first-order chi connectivity index (χ1) is 12.1. The molecule has 0 fully saturated rings. The molecule has 0 aliphatic heterocycles. The highest BCUT2D eigenvalue weighted by molar-refractivity contribution is 5.93. The fourth-order valence-electron chi connectivity index (χ4n) is 2.45. The normalized spacial score (nSPS) is 10.3. The first-order valence-corrected chi connectivity index (χ1v) is 8.10. The molecule has 3 aromatic rings. The average Bonchev–Trinajstić information content (AvgIpc) is 2.61. The van der Waals surface area contributed by atoms with Gasteiger partial charge >= 0.3 is 0 Å². The quantitative estimate of drug-likeness (QED) is 0.746. The van der Waals surface area contributed by atoms with E-state index in [1.807, 2.05) is 62.4 Å². The van der Waals surface area contributed by atoms with Gasteiger partial charge in [0.05, 0.1) is 5.56 Å². The summed E-state index contributed by atoms with van der Waals surface area (Å²) >= 11 is 0. The lowest BCUT2D eigenvalue weighted by Gasteiger charge is -2.08. The van der Waals surface area contributed by atoms with E-state index in [2.05, 4.69) is 20.6 Å². The largest absolute Gasteiger partial charge is 0.348 e. The highest BCUT2D eigenvalue weighted by Crippen LogP contribution is 2.14. The van der Waals surface area contributed by atoms with E-state index in [1.165, 1.54) is 12.4 Å². The van der Waals surface area contributed by atoms with Crippen LogP contribution in [0.5, 0.6) is 0 Å². The third-order valence-corrected chi connectivity index (χ3v) is 3.89. The smallest absolute Gasteiger partial charge is 0.254 e. The van der Waals surface area contributed by atoms with Crippen LogP contribution in [0.15, 0.2) is 60.9 Å². The maximum Gasteiger partial charge on any atom is 0.254 e. The maximum absolute atomic E-state index is 12.2. The van der Waals surface area contributed by atoms with Crippen LogP contribution in [-0.4, -0.2) is 15.9 Å². The van der Waals surface area contributed by atoms with E-state index >= 15 is 0 Å². The minimum atomic E-state index is -0.189. The number of nitrogens with one attached hydrogen (secondary N) is 2. The Bertz CT molecular complexity index is 875. The lowest BCUT2D eigenvalue weighted by Crippen LogP contribution is -2.23. The summed E-state index contributed by atoms with van der Waals surface area (Å²) in [6.45, 7) is 4.53. The molecule has 1 heterocycles. The van der Waals surface area contributed by atoms with Crippen LogP contribution in [0.4, 0.5) is 11.6 Å². The topological polar surface area (TPSA) is 66.9 Å². The molecule has 25 heavy (non-hydrogen) atoms. The first-order valence-electron chi connectivity index (χ1n) is 8.10. The Kier molecular flexibility index (Phi) is 5.04. The third-order valence-electron chi connectivity index (χ3n) is 3.89. The van der Waals surface area contributed by atoms with Crippen LogP contribution < -0.4 is 10.6 Å². The summed E-state index contributed by atoms with van der Waals surface area (Å²) < 4.78 is 0. The Labute approximate surface area is 147 Å². The summed E-state index contributed by atoms with van der Waals surface area (Å²) in [5.41, 5.74) is 4.74. The second kappa shape index (κ2) is 7.57. The molecule has 0 saturated carbocycles. The van der Waals surface area contributed by atoms with Crippen LogP contribution in [0.1, 0.15) is 27.0 Å². The Hall–Kier alpha value is -3.21. The number of anilines is 2. The van der Waals surface area contributed by atoms with Crippen LogP contribution in [0, 0.1) is 13.8 Å². The first kappa shape index (κ1) is 16.6. The number of hydrogen-bond donors (Lipinski definition) is 2. The second-order valence-electron chi connectivity index (χ2n) is 5.90. The predicted molar refractivity (Wildman–Crippen MR) is 98.8 cm³/mol. The Balaban J connectivity index is 1.61. The van der Waals surface area contributed by atoms with Crippen LogP contribution in [0.25, 0.3) is 0 Å². The zero-order chi connectivity index (χ0) is 17.6. The Morgan fingerprint density at radius 1 is 1.00 bits per heavy atom. The highest BCUT2D eigenvalue weighted by Gasteiger charge is 2.08. The molecule has 1 amide bonds. The SMILES string of the molecule is Cc1cccc(Nc2ncc(C(=O)NCc3ccccc3C)cn2)c1. The van der Waals surface area contributed by atoms with Gasteiger partial charge < -0.3 is 10.6 Å². The monoisotopic (exact) mass is 332 g/mol. The minimum Gasteiger partial charge on any atom is -0.348 e. The van der Waals surface area contributed by atoms with Crippen molar-refractivity contribution in [3.63, 3.8) is 0 Å². The lowest BCUT2D eigenvalue weighted by atomic mass is 10.1. The van der Waals surface area contributed by atoms with Gasteiger partial charge in [0.2, 0.25) is 5.95 Å². The predicted octanol–water partition coefficient (Wildman–Crippen LogP) is 3.77. The molecule has 126 valence electrons. The van der Waals surface area contributed by atoms with Gasteiger partial charge in [-0.05, 0) is 42.7 Å². The number of carbonyl (C=O) groups excluding carboxylic acids is 1. The van der Waals surface area contributed by atoms with Gasteiger partial charge in [0.15, 0.2) is 0 Å². The van der Waals surface area contributed by atoms with E-state index in [-0.39, 0.29) is 5.91 Å². The number of amides is 1. The third kappa shape index (κ3) is 4.41. The van der Waals surface area contributed by atoms with Crippen molar-refractivity contribution >= 4 is 17.5 Å². The summed E-state index contributed by atoms with van der Waals surface area (Å²) in [6.07, 6.45) is 3.05. The van der Waals surface area contributed by atoms with Crippen LogP contribution in [0.2, 0.25) is 0 Å². The van der Waals surface area contributed by atoms with Crippen LogP contribution in [-0.2, 0) is 6.54 Å². The molecule has 0 aliphatic rings. The standard InChI is InChI=1S/C20H20N4O/c1-14-6-5-9-18(10-14)24-20-22-12-17(13-23-20)19(25)21-11-16-8-4-3-7-15(16)2/h3-10,12-13H,11H2,1-2H3,(H,21,25)(H,22,23,24). The van der Waals surface area contributed by atoms with E-state index in [9.17, 15) is 4.79 Å². The summed E-state index contributed by atoms with van der Waals surface area (Å²) in [6, 6.07) is 15.9. The molecule has 0 spiro atoms. The number of nitrogens with zero attached hydrogens (tertiary/aromatic N) is 2. The minimum absolute atomic E-state index is 0.189. The number of rotatable bonds is 5. The van der Waals surface area contributed by atoms with E-state index in [0.29, 0.717) is 18.1 Å². The highest BCUT2D eigenvalue weighted by atomic mass is 16.1. The molecule has 0 radical (unpaired) electrons. The number of aryl methyl sites for hydroxylation is 2. The van der Waals surface area contributed by atoms with Crippen molar-refractivity contribution in [2.24, 2.45) is 0 Å². The molecule has 0 aliphatic carbocycles. The van der Waals surface area contributed by atoms with Crippen molar-refractivity contribution in [1.29, 1.82) is 0 Å². The van der Waals surface area contributed by atoms with Crippen molar-refractivity contribution in [2.75, 3.05) is 5.32 Å².